The van der Waals surface area contributed by atoms with Gasteiger partial charge in [-0.2, -0.15) is 0 Å². The molecule has 0 aliphatic heterocycles. The topological polar surface area (TPSA) is 86.6 Å². The minimum absolute atomic E-state index is 0.147. The van der Waals surface area contributed by atoms with Crippen molar-refractivity contribution in [1.29, 1.82) is 0 Å². The zero-order valence-corrected chi connectivity index (χ0v) is 11.4. The highest BCUT2D eigenvalue weighted by molar-refractivity contribution is 5.80. The van der Waals surface area contributed by atoms with Crippen molar-refractivity contribution < 1.29 is 19.8 Å². The maximum atomic E-state index is 11.8. The molecular formula is C15H19NO4. The van der Waals surface area contributed by atoms with Crippen LogP contribution < -0.4 is 5.32 Å². The van der Waals surface area contributed by atoms with Gasteiger partial charge in [0.1, 0.15) is 0 Å². The second-order valence-electron chi connectivity index (χ2n) is 4.81. The van der Waals surface area contributed by atoms with Crippen molar-refractivity contribution in [3.63, 3.8) is 0 Å². The van der Waals surface area contributed by atoms with Gasteiger partial charge >= 0.3 is 5.97 Å². The Morgan fingerprint density at radius 1 is 1.40 bits per heavy atom. The maximum Gasteiger partial charge on any atom is 0.337 e. The smallest absolute Gasteiger partial charge is 0.337 e. The molecule has 0 heterocycles. The van der Waals surface area contributed by atoms with Crippen LogP contribution in [0.2, 0.25) is 0 Å². The fourth-order valence-corrected chi connectivity index (χ4v) is 1.66. The highest BCUT2D eigenvalue weighted by Crippen LogP contribution is 2.20. The molecule has 0 aliphatic carbocycles. The van der Waals surface area contributed by atoms with Gasteiger partial charge in [-0.15, -0.1) is 6.58 Å². The summed E-state index contributed by atoms with van der Waals surface area (Å²) < 4.78 is 0. The molecule has 5 nitrogen and oxygen atoms in total. The number of aliphatic carboxylic acids is 1. The Morgan fingerprint density at radius 3 is 2.50 bits per heavy atom. The number of carboxylic acids is 1. The van der Waals surface area contributed by atoms with Crippen LogP contribution in [0.25, 0.3) is 0 Å². The largest absolute Gasteiger partial charge is 0.479 e. The van der Waals surface area contributed by atoms with E-state index < -0.39 is 11.6 Å². The Morgan fingerprint density at radius 2 is 2.00 bits per heavy atom. The maximum absolute atomic E-state index is 11.8. The molecular weight excluding hydrogens is 258 g/mol. The van der Waals surface area contributed by atoms with Crippen LogP contribution in [0.15, 0.2) is 43.0 Å². The van der Waals surface area contributed by atoms with Crippen LogP contribution in [0, 0.1) is 0 Å². The van der Waals surface area contributed by atoms with Gasteiger partial charge in [0.25, 0.3) is 0 Å². The standard InChI is InChI=1S/C15H19NO4/c1-3-11(12-7-5-4-6-8-12)9-13(17)16-10-15(2,20)14(18)19/h3-8,11,20H,1,9-10H2,2H3,(H,16,17)(H,18,19). The van der Waals surface area contributed by atoms with Crippen LogP contribution in [-0.4, -0.2) is 34.2 Å². The molecule has 1 rings (SSSR count). The molecule has 2 unspecified atom stereocenters. The Labute approximate surface area is 117 Å². The van der Waals surface area contributed by atoms with Gasteiger partial charge in [-0.1, -0.05) is 36.4 Å². The predicted molar refractivity (Wildman–Crippen MR) is 75.3 cm³/mol. The van der Waals surface area contributed by atoms with E-state index >= 15 is 0 Å². The number of hydrogen-bond donors (Lipinski definition) is 3. The number of aliphatic hydroxyl groups is 1. The quantitative estimate of drug-likeness (QED) is 0.656. The normalized spacial score (nSPS) is 14.9. The van der Waals surface area contributed by atoms with Crippen LogP contribution in [0.3, 0.4) is 0 Å². The van der Waals surface area contributed by atoms with Crippen molar-refractivity contribution in [2.75, 3.05) is 6.54 Å². The zero-order valence-electron chi connectivity index (χ0n) is 11.4. The van der Waals surface area contributed by atoms with E-state index in [4.69, 9.17) is 5.11 Å². The van der Waals surface area contributed by atoms with E-state index in [1.54, 1.807) is 6.08 Å². The van der Waals surface area contributed by atoms with Crippen LogP contribution >= 0.6 is 0 Å². The lowest BCUT2D eigenvalue weighted by Crippen LogP contribution is -2.46. The number of nitrogens with one attached hydrogen (secondary N) is 1. The van der Waals surface area contributed by atoms with Gasteiger partial charge in [0, 0.05) is 12.3 Å². The molecule has 0 bridgehead atoms. The minimum Gasteiger partial charge on any atom is -0.479 e. The number of amides is 1. The highest BCUT2D eigenvalue weighted by Gasteiger charge is 2.30. The molecule has 3 N–H and O–H groups in total. The SMILES string of the molecule is C=CC(CC(=O)NCC(C)(O)C(=O)O)c1ccccc1. The van der Waals surface area contributed by atoms with Crippen LogP contribution in [0.1, 0.15) is 24.8 Å². The summed E-state index contributed by atoms with van der Waals surface area (Å²) in [6.07, 6.45) is 1.83. The second-order valence-corrected chi connectivity index (χ2v) is 4.81. The predicted octanol–water partition coefficient (Wildman–Crippen LogP) is 1.30. The van der Waals surface area contributed by atoms with E-state index in [-0.39, 0.29) is 24.8 Å². The van der Waals surface area contributed by atoms with Crippen molar-refractivity contribution in [2.24, 2.45) is 0 Å². The van der Waals surface area contributed by atoms with E-state index in [1.165, 1.54) is 0 Å². The Kier molecular flexibility index (Phi) is 5.46. The summed E-state index contributed by atoms with van der Waals surface area (Å²) in [6, 6.07) is 9.42. The molecule has 108 valence electrons. The molecule has 0 saturated carbocycles. The van der Waals surface area contributed by atoms with Gasteiger partial charge in [-0.05, 0) is 12.5 Å². The van der Waals surface area contributed by atoms with Crippen molar-refractivity contribution >= 4 is 11.9 Å². The van der Waals surface area contributed by atoms with E-state index in [0.29, 0.717) is 0 Å². The van der Waals surface area contributed by atoms with Gasteiger partial charge in [0.2, 0.25) is 5.91 Å². The Bertz CT molecular complexity index is 482. The van der Waals surface area contributed by atoms with Crippen LogP contribution in [0.5, 0.6) is 0 Å². The second kappa shape index (κ2) is 6.86. The van der Waals surface area contributed by atoms with Gasteiger partial charge in [0.15, 0.2) is 5.60 Å². The number of rotatable bonds is 7. The third-order valence-electron chi connectivity index (χ3n) is 3.01. The lowest BCUT2D eigenvalue weighted by atomic mass is 9.95. The van der Waals surface area contributed by atoms with E-state index in [1.807, 2.05) is 30.3 Å². The molecule has 0 aliphatic rings. The molecule has 5 heteroatoms. The number of benzene rings is 1. The molecule has 0 radical (unpaired) electrons. The van der Waals surface area contributed by atoms with Gasteiger partial charge in [-0.25, -0.2) is 4.79 Å². The first-order chi connectivity index (χ1) is 9.36. The molecule has 0 aromatic heterocycles. The zero-order chi connectivity index (χ0) is 15.2. The first-order valence-electron chi connectivity index (χ1n) is 6.27. The lowest BCUT2D eigenvalue weighted by molar-refractivity contribution is -0.156. The summed E-state index contributed by atoms with van der Waals surface area (Å²) in [5, 5.41) is 20.7. The molecule has 0 fully saturated rings. The van der Waals surface area contributed by atoms with Gasteiger partial charge in [-0.3, -0.25) is 4.79 Å². The number of carbonyl (C=O) groups is 2. The fourth-order valence-electron chi connectivity index (χ4n) is 1.66. The van der Waals surface area contributed by atoms with Crippen LogP contribution in [-0.2, 0) is 9.59 Å². The summed E-state index contributed by atoms with van der Waals surface area (Å²) in [5.74, 6) is -1.85. The molecule has 20 heavy (non-hydrogen) atoms. The molecule has 1 amide bonds. The third-order valence-corrected chi connectivity index (χ3v) is 3.01. The number of allylic oxidation sites excluding steroid dienone is 1. The number of carboxylic acid groups (broad SMARTS) is 1. The van der Waals surface area contributed by atoms with Gasteiger partial charge < -0.3 is 15.5 Å². The van der Waals surface area contributed by atoms with Crippen molar-refractivity contribution in [3.05, 3.63) is 48.6 Å². The molecule has 2 atom stereocenters. The summed E-state index contributed by atoms with van der Waals surface area (Å²) in [5.41, 5.74) is -1.01. The average molecular weight is 277 g/mol. The molecule has 0 saturated heterocycles. The van der Waals surface area contributed by atoms with E-state index in [0.717, 1.165) is 12.5 Å². The molecule has 1 aromatic carbocycles. The summed E-state index contributed by atoms with van der Waals surface area (Å²) in [4.78, 5) is 22.5. The van der Waals surface area contributed by atoms with Crippen LogP contribution in [0.4, 0.5) is 0 Å². The minimum atomic E-state index is -1.97. The van der Waals surface area contributed by atoms with E-state index in [9.17, 15) is 14.7 Å². The third kappa shape index (κ3) is 4.51. The summed E-state index contributed by atoms with van der Waals surface area (Å²) in [6.45, 7) is 4.51. The highest BCUT2D eigenvalue weighted by atomic mass is 16.4. The van der Waals surface area contributed by atoms with E-state index in [2.05, 4.69) is 11.9 Å². The van der Waals surface area contributed by atoms with Crippen molar-refractivity contribution in [1.82, 2.24) is 5.32 Å². The Hall–Kier alpha value is -2.14. The summed E-state index contributed by atoms with van der Waals surface area (Å²) >= 11 is 0. The summed E-state index contributed by atoms with van der Waals surface area (Å²) in [7, 11) is 0. The molecule has 0 spiro atoms. The first kappa shape index (κ1) is 15.9. The first-order valence-corrected chi connectivity index (χ1v) is 6.27. The van der Waals surface area contributed by atoms with Gasteiger partial charge in [0.05, 0.1) is 6.54 Å². The average Bonchev–Trinajstić information content (AvgIpc) is 2.43. The molecule has 1 aromatic rings. The fraction of sp³-hybridized carbons (Fsp3) is 0.333. The van der Waals surface area contributed by atoms with Crippen molar-refractivity contribution in [2.45, 2.75) is 24.9 Å². The number of hydrogen-bond acceptors (Lipinski definition) is 3. The van der Waals surface area contributed by atoms with Crippen molar-refractivity contribution in [3.8, 4) is 0 Å². The number of carbonyl (C=O) groups excluding carboxylic acids is 1. The lowest BCUT2D eigenvalue weighted by Gasteiger charge is -2.19. The monoisotopic (exact) mass is 277 g/mol. The Balaban J connectivity index is 2.57.